The fourth-order valence-corrected chi connectivity index (χ4v) is 3.90. The molecule has 3 aromatic rings. The van der Waals surface area contributed by atoms with Crippen LogP contribution in [0.2, 0.25) is 0 Å². The topological polar surface area (TPSA) is 35.9 Å². The molecule has 0 saturated heterocycles. The van der Waals surface area contributed by atoms with Crippen LogP contribution in [0.3, 0.4) is 0 Å². The summed E-state index contributed by atoms with van der Waals surface area (Å²) in [6, 6.07) is 24.2. The highest BCUT2D eigenvalue weighted by atomic mass is 19.1. The summed E-state index contributed by atoms with van der Waals surface area (Å²) in [5, 5.41) is 6.12. The number of amides is 1. The summed E-state index contributed by atoms with van der Waals surface area (Å²) in [5.74, 6) is -0.461. The molecule has 0 unspecified atom stereocenters. The summed E-state index contributed by atoms with van der Waals surface area (Å²) in [4.78, 5) is 15.2. The largest absolute Gasteiger partial charge is 0.293 e. The number of hydrogen-bond acceptors (Lipinski definition) is 3. The van der Waals surface area contributed by atoms with E-state index < -0.39 is 6.04 Å². The molecule has 1 atom stereocenters. The van der Waals surface area contributed by atoms with Crippen molar-refractivity contribution in [1.82, 2.24) is 9.91 Å². The number of hydrazone groups is 1. The van der Waals surface area contributed by atoms with Gasteiger partial charge >= 0.3 is 0 Å². The Hall–Kier alpha value is -3.31. The van der Waals surface area contributed by atoms with Gasteiger partial charge < -0.3 is 0 Å². The molecule has 0 bridgehead atoms. The number of carbonyl (C=O) groups is 1. The van der Waals surface area contributed by atoms with Crippen molar-refractivity contribution >= 4 is 11.6 Å². The van der Waals surface area contributed by atoms with E-state index in [0.29, 0.717) is 18.5 Å². The lowest BCUT2D eigenvalue weighted by atomic mass is 9.97. The summed E-state index contributed by atoms with van der Waals surface area (Å²) < 4.78 is 14.6. The molecule has 0 aromatic heterocycles. The lowest BCUT2D eigenvalue weighted by molar-refractivity contribution is -0.134. The summed E-state index contributed by atoms with van der Waals surface area (Å²) in [6.45, 7) is 2.88. The molecule has 4 nitrogen and oxygen atoms in total. The summed E-state index contributed by atoms with van der Waals surface area (Å²) >= 11 is 0. The van der Waals surface area contributed by atoms with Crippen LogP contribution in [-0.4, -0.2) is 35.1 Å². The Morgan fingerprint density at radius 2 is 1.71 bits per heavy atom. The molecule has 0 fully saturated rings. The number of aryl methyl sites for hydroxylation is 1. The van der Waals surface area contributed by atoms with Crippen LogP contribution >= 0.6 is 0 Å². The molecule has 0 radical (unpaired) electrons. The first kappa shape index (κ1) is 20.9. The van der Waals surface area contributed by atoms with Gasteiger partial charge in [0.25, 0.3) is 5.91 Å². The molecule has 0 aliphatic carbocycles. The zero-order valence-corrected chi connectivity index (χ0v) is 17.8. The lowest BCUT2D eigenvalue weighted by Gasteiger charge is -2.25. The Morgan fingerprint density at radius 1 is 1.03 bits per heavy atom. The van der Waals surface area contributed by atoms with E-state index in [1.54, 1.807) is 18.2 Å². The van der Waals surface area contributed by atoms with Gasteiger partial charge in [-0.15, -0.1) is 0 Å². The maximum absolute atomic E-state index is 14.6. The van der Waals surface area contributed by atoms with Gasteiger partial charge in [0.15, 0.2) is 0 Å². The predicted molar refractivity (Wildman–Crippen MR) is 121 cm³/mol. The van der Waals surface area contributed by atoms with Crippen molar-refractivity contribution in [2.24, 2.45) is 5.10 Å². The van der Waals surface area contributed by atoms with E-state index in [0.717, 1.165) is 22.4 Å². The summed E-state index contributed by atoms with van der Waals surface area (Å²) in [6.07, 6.45) is 0.484. The molecule has 1 heterocycles. The van der Waals surface area contributed by atoms with Crippen LogP contribution in [0.1, 0.15) is 34.7 Å². The number of halogens is 1. The van der Waals surface area contributed by atoms with Crippen LogP contribution in [0.15, 0.2) is 84.0 Å². The van der Waals surface area contributed by atoms with Crippen LogP contribution in [0.5, 0.6) is 0 Å². The fourth-order valence-electron chi connectivity index (χ4n) is 3.90. The number of likely N-dealkylation sites (N-methyl/N-ethyl adjacent to an activating group) is 1. The van der Waals surface area contributed by atoms with Crippen LogP contribution in [-0.2, 0) is 11.3 Å². The highest BCUT2D eigenvalue weighted by Gasteiger charge is 2.34. The van der Waals surface area contributed by atoms with Crippen molar-refractivity contribution in [3.05, 3.63) is 107 Å². The first-order chi connectivity index (χ1) is 15.0. The van der Waals surface area contributed by atoms with Crippen LogP contribution in [0.4, 0.5) is 4.39 Å². The van der Waals surface area contributed by atoms with Gasteiger partial charge in [-0.25, -0.2) is 9.40 Å². The van der Waals surface area contributed by atoms with Gasteiger partial charge in [0.05, 0.1) is 18.3 Å². The molecular formula is C26H26FN3O. The average Bonchev–Trinajstić information content (AvgIpc) is 3.20. The zero-order chi connectivity index (χ0) is 21.8. The van der Waals surface area contributed by atoms with Crippen LogP contribution < -0.4 is 0 Å². The van der Waals surface area contributed by atoms with E-state index in [1.807, 2.05) is 73.5 Å². The second kappa shape index (κ2) is 9.23. The Balaban J connectivity index is 1.57. The molecule has 31 heavy (non-hydrogen) atoms. The van der Waals surface area contributed by atoms with Gasteiger partial charge in [-0.2, -0.15) is 5.10 Å². The summed E-state index contributed by atoms with van der Waals surface area (Å²) in [5.41, 5.74) is 4.54. The van der Waals surface area contributed by atoms with E-state index in [2.05, 4.69) is 5.10 Å². The molecule has 0 spiro atoms. The van der Waals surface area contributed by atoms with Gasteiger partial charge in [0.1, 0.15) is 5.82 Å². The van der Waals surface area contributed by atoms with Gasteiger partial charge in [-0.1, -0.05) is 78.4 Å². The van der Waals surface area contributed by atoms with Gasteiger partial charge in [0, 0.05) is 18.5 Å². The molecule has 1 amide bonds. The number of hydrogen-bond donors (Lipinski definition) is 0. The Labute approximate surface area is 182 Å². The van der Waals surface area contributed by atoms with E-state index >= 15 is 0 Å². The third-order valence-corrected chi connectivity index (χ3v) is 5.52. The fraction of sp³-hybridized carbons (Fsp3) is 0.231. The van der Waals surface area contributed by atoms with Gasteiger partial charge in [-0.3, -0.25) is 9.69 Å². The van der Waals surface area contributed by atoms with Crippen molar-refractivity contribution in [2.45, 2.75) is 25.9 Å². The SMILES string of the molecule is Cc1ccc(C2=NN(C(=O)CN(C)Cc3ccccc3)[C@H](c3ccccc3F)C2)cc1. The number of rotatable bonds is 6. The number of benzene rings is 3. The maximum atomic E-state index is 14.6. The first-order valence-electron chi connectivity index (χ1n) is 10.4. The highest BCUT2D eigenvalue weighted by molar-refractivity contribution is 6.03. The number of carbonyl (C=O) groups excluding carboxylic acids is 1. The monoisotopic (exact) mass is 415 g/mol. The van der Waals surface area contributed by atoms with Crippen molar-refractivity contribution in [1.29, 1.82) is 0 Å². The predicted octanol–water partition coefficient (Wildman–Crippen LogP) is 4.94. The van der Waals surface area contributed by atoms with E-state index in [9.17, 15) is 9.18 Å². The normalized spacial score (nSPS) is 15.9. The molecule has 0 saturated carbocycles. The Morgan fingerprint density at radius 3 is 2.42 bits per heavy atom. The van der Waals surface area contributed by atoms with Gasteiger partial charge in [0.2, 0.25) is 0 Å². The Bertz CT molecular complexity index is 1080. The maximum Gasteiger partial charge on any atom is 0.257 e. The minimum atomic E-state index is -0.449. The average molecular weight is 416 g/mol. The molecule has 158 valence electrons. The Kier molecular flexibility index (Phi) is 6.23. The first-order valence-corrected chi connectivity index (χ1v) is 10.4. The van der Waals surface area contributed by atoms with Crippen molar-refractivity contribution in [3.8, 4) is 0 Å². The molecular weight excluding hydrogens is 389 g/mol. The third-order valence-electron chi connectivity index (χ3n) is 5.52. The molecule has 0 N–H and O–H groups in total. The highest BCUT2D eigenvalue weighted by Crippen LogP contribution is 2.34. The standard InChI is InChI=1S/C26H26FN3O/c1-19-12-14-21(15-13-19)24-16-25(22-10-6-7-11-23(22)27)30(28-24)26(31)18-29(2)17-20-8-4-3-5-9-20/h3-15,25H,16-18H2,1-2H3/t25-/m0/s1. The molecule has 1 aliphatic heterocycles. The molecule has 4 rings (SSSR count). The summed E-state index contributed by atoms with van der Waals surface area (Å²) in [7, 11) is 1.91. The molecule has 5 heteroatoms. The molecule has 1 aliphatic rings. The van der Waals surface area contributed by atoms with Gasteiger partial charge in [-0.05, 0) is 31.2 Å². The van der Waals surface area contributed by atoms with Crippen LogP contribution in [0, 0.1) is 12.7 Å². The number of nitrogens with zero attached hydrogens (tertiary/aromatic N) is 3. The van der Waals surface area contributed by atoms with E-state index in [-0.39, 0.29) is 18.3 Å². The minimum Gasteiger partial charge on any atom is -0.293 e. The van der Waals surface area contributed by atoms with E-state index in [4.69, 9.17) is 0 Å². The third kappa shape index (κ3) is 4.89. The minimum absolute atomic E-state index is 0.145. The van der Waals surface area contributed by atoms with Crippen molar-refractivity contribution < 1.29 is 9.18 Å². The second-order valence-electron chi connectivity index (χ2n) is 8.05. The zero-order valence-electron chi connectivity index (χ0n) is 17.8. The van der Waals surface area contributed by atoms with Crippen molar-refractivity contribution in [2.75, 3.05) is 13.6 Å². The van der Waals surface area contributed by atoms with E-state index in [1.165, 1.54) is 11.1 Å². The smallest absolute Gasteiger partial charge is 0.257 e. The lowest BCUT2D eigenvalue weighted by Crippen LogP contribution is -2.36. The quantitative estimate of drug-likeness (QED) is 0.571. The van der Waals surface area contributed by atoms with Crippen molar-refractivity contribution in [3.63, 3.8) is 0 Å². The van der Waals surface area contributed by atoms with Crippen LogP contribution in [0.25, 0.3) is 0 Å². The second-order valence-corrected chi connectivity index (χ2v) is 8.05. The molecule has 3 aromatic carbocycles.